The molecule has 0 bridgehead atoms. The molecule has 10 heteroatoms. The number of hydrogen-bond acceptors (Lipinski definition) is 4. The highest BCUT2D eigenvalue weighted by atomic mass is 127. The van der Waals surface area contributed by atoms with Crippen LogP contribution in [0.2, 0.25) is 0 Å². The van der Waals surface area contributed by atoms with Gasteiger partial charge in [0, 0.05) is 44.5 Å². The molecule has 4 rings (SSSR count). The summed E-state index contributed by atoms with van der Waals surface area (Å²) < 4.78 is 0. The normalized spacial score (nSPS) is 22.6. The van der Waals surface area contributed by atoms with E-state index in [9.17, 15) is 9.59 Å². The molecule has 2 aromatic rings. The predicted molar refractivity (Wildman–Crippen MR) is 126 cm³/mol. The summed E-state index contributed by atoms with van der Waals surface area (Å²) in [7, 11) is 1.79. The molecule has 0 aromatic carbocycles. The Kier molecular flexibility index (Phi) is 6.84. The second kappa shape index (κ2) is 9.19. The summed E-state index contributed by atoms with van der Waals surface area (Å²) >= 11 is 0. The van der Waals surface area contributed by atoms with Gasteiger partial charge in [-0.15, -0.1) is 24.0 Å². The molecular weight excluding hydrogens is 497 g/mol. The van der Waals surface area contributed by atoms with Crippen molar-refractivity contribution in [3.63, 3.8) is 0 Å². The Morgan fingerprint density at radius 1 is 1.37 bits per heavy atom. The van der Waals surface area contributed by atoms with Gasteiger partial charge < -0.3 is 20.5 Å². The Morgan fingerprint density at radius 2 is 2.13 bits per heavy atom. The number of carbonyl (C=O) groups excluding carboxylic acids is 2. The number of hydrogen-bond donors (Lipinski definition) is 4. The lowest BCUT2D eigenvalue weighted by molar-refractivity contribution is -0.125. The summed E-state index contributed by atoms with van der Waals surface area (Å²) in [6, 6.07) is 3.63. The van der Waals surface area contributed by atoms with Gasteiger partial charge in [-0.05, 0) is 49.8 Å². The number of guanidine groups is 1. The third-order valence-electron chi connectivity index (χ3n) is 6.11. The highest BCUT2D eigenvalue weighted by molar-refractivity contribution is 14.0. The molecule has 0 radical (unpaired) electrons. The number of halogens is 1. The number of nitrogens with one attached hydrogen (secondary N) is 4. The number of likely N-dealkylation sites (tertiary alicyclic amines) is 1. The fourth-order valence-electron chi connectivity index (χ4n) is 4.37. The SMILES string of the molecule is CN=C(NCCc1c[nH]c2ncccc12)N1CCC(C2(C)NC(=O)NC2=O)CC1.I. The maximum absolute atomic E-state index is 12.2. The van der Waals surface area contributed by atoms with Crippen molar-refractivity contribution in [1.29, 1.82) is 0 Å². The zero-order valence-electron chi connectivity index (χ0n) is 17.2. The van der Waals surface area contributed by atoms with Crippen LogP contribution < -0.4 is 16.0 Å². The number of piperidine rings is 1. The van der Waals surface area contributed by atoms with Gasteiger partial charge in [0.2, 0.25) is 0 Å². The minimum atomic E-state index is -0.816. The van der Waals surface area contributed by atoms with E-state index in [1.807, 2.05) is 19.2 Å². The van der Waals surface area contributed by atoms with Crippen LogP contribution in [0.25, 0.3) is 11.0 Å². The first kappa shape index (κ1) is 22.3. The Hall–Kier alpha value is -2.37. The maximum atomic E-state index is 12.2. The van der Waals surface area contributed by atoms with Crippen molar-refractivity contribution in [3.05, 3.63) is 30.1 Å². The van der Waals surface area contributed by atoms with E-state index in [1.165, 1.54) is 5.56 Å². The van der Waals surface area contributed by atoms with Crippen LogP contribution in [0.5, 0.6) is 0 Å². The molecule has 2 aromatic heterocycles. The van der Waals surface area contributed by atoms with Gasteiger partial charge in [0.05, 0.1) is 0 Å². The highest BCUT2D eigenvalue weighted by Gasteiger charge is 2.48. The third-order valence-corrected chi connectivity index (χ3v) is 6.11. The molecule has 162 valence electrons. The molecule has 4 N–H and O–H groups in total. The number of amides is 3. The Labute approximate surface area is 192 Å². The van der Waals surface area contributed by atoms with E-state index in [4.69, 9.17) is 0 Å². The largest absolute Gasteiger partial charge is 0.356 e. The molecule has 9 nitrogen and oxygen atoms in total. The van der Waals surface area contributed by atoms with Crippen LogP contribution in [0.1, 0.15) is 25.3 Å². The van der Waals surface area contributed by atoms with Crippen molar-refractivity contribution in [2.75, 3.05) is 26.7 Å². The van der Waals surface area contributed by atoms with E-state index in [2.05, 4.69) is 41.9 Å². The smallest absolute Gasteiger partial charge is 0.322 e. The summed E-state index contributed by atoms with van der Waals surface area (Å²) in [6.07, 6.45) is 6.30. The van der Waals surface area contributed by atoms with Crippen LogP contribution in [-0.4, -0.2) is 65.0 Å². The number of aromatic nitrogens is 2. The number of H-pyrrole nitrogens is 1. The molecule has 2 aliphatic rings. The summed E-state index contributed by atoms with van der Waals surface area (Å²) in [5.41, 5.74) is 1.32. The molecule has 2 aliphatic heterocycles. The Morgan fingerprint density at radius 3 is 2.80 bits per heavy atom. The fraction of sp³-hybridized carbons (Fsp3) is 0.500. The van der Waals surface area contributed by atoms with Gasteiger partial charge in [-0.1, -0.05) is 0 Å². The molecule has 1 atom stereocenters. The fourth-order valence-corrected chi connectivity index (χ4v) is 4.37. The molecule has 0 aliphatic carbocycles. The van der Waals surface area contributed by atoms with Crippen molar-refractivity contribution in [2.45, 2.75) is 31.7 Å². The molecule has 4 heterocycles. The maximum Gasteiger partial charge on any atom is 0.322 e. The van der Waals surface area contributed by atoms with Crippen LogP contribution in [-0.2, 0) is 11.2 Å². The average Bonchev–Trinajstić information content (AvgIpc) is 3.26. The van der Waals surface area contributed by atoms with Gasteiger partial charge in [0.25, 0.3) is 5.91 Å². The van der Waals surface area contributed by atoms with Crippen LogP contribution in [0.3, 0.4) is 0 Å². The molecular formula is C20H28IN7O2. The molecule has 3 amide bonds. The number of urea groups is 1. The van der Waals surface area contributed by atoms with E-state index in [0.29, 0.717) is 0 Å². The lowest BCUT2D eigenvalue weighted by Crippen LogP contribution is -2.55. The third kappa shape index (κ3) is 4.23. The number of imide groups is 1. The van der Waals surface area contributed by atoms with E-state index < -0.39 is 11.6 Å². The van der Waals surface area contributed by atoms with Crippen LogP contribution in [0.4, 0.5) is 4.79 Å². The number of pyridine rings is 1. The summed E-state index contributed by atoms with van der Waals surface area (Å²) in [6.45, 7) is 4.17. The summed E-state index contributed by atoms with van der Waals surface area (Å²) in [5, 5.41) is 9.75. The first-order valence-electron chi connectivity index (χ1n) is 10.0. The first-order chi connectivity index (χ1) is 14.0. The topological polar surface area (TPSA) is 115 Å². The number of carbonyl (C=O) groups is 2. The second-order valence-electron chi connectivity index (χ2n) is 7.81. The molecule has 30 heavy (non-hydrogen) atoms. The molecule has 2 fully saturated rings. The van der Waals surface area contributed by atoms with Crippen molar-refractivity contribution in [2.24, 2.45) is 10.9 Å². The minimum absolute atomic E-state index is 0. The molecule has 0 saturated carbocycles. The van der Waals surface area contributed by atoms with Gasteiger partial charge in [-0.3, -0.25) is 15.1 Å². The van der Waals surface area contributed by atoms with E-state index in [0.717, 1.165) is 55.9 Å². The van der Waals surface area contributed by atoms with Crippen molar-refractivity contribution in [1.82, 2.24) is 30.8 Å². The quantitative estimate of drug-likeness (QED) is 0.210. The van der Waals surface area contributed by atoms with Crippen molar-refractivity contribution >= 4 is 52.9 Å². The van der Waals surface area contributed by atoms with Crippen molar-refractivity contribution < 1.29 is 9.59 Å². The zero-order valence-corrected chi connectivity index (χ0v) is 19.5. The lowest BCUT2D eigenvalue weighted by Gasteiger charge is -2.39. The summed E-state index contributed by atoms with van der Waals surface area (Å²) in [4.78, 5) is 37.9. The van der Waals surface area contributed by atoms with Crippen LogP contribution >= 0.6 is 24.0 Å². The van der Waals surface area contributed by atoms with Gasteiger partial charge in [-0.25, -0.2) is 9.78 Å². The van der Waals surface area contributed by atoms with Crippen LogP contribution in [0.15, 0.2) is 29.5 Å². The van der Waals surface area contributed by atoms with Crippen molar-refractivity contribution in [3.8, 4) is 0 Å². The highest BCUT2D eigenvalue weighted by Crippen LogP contribution is 2.30. The predicted octanol–water partition coefficient (Wildman–Crippen LogP) is 1.61. The number of fused-ring (bicyclic) bond motifs is 1. The number of aromatic amines is 1. The standard InChI is InChI=1S/C20H27N7O2.HI/c1-20(17(28)25-19(29)26-20)14-6-10-27(11-7-14)18(21-2)23-9-5-13-12-24-16-15(13)4-3-8-22-16;/h3-4,8,12,14H,5-7,9-11H2,1-2H3,(H,21,23)(H,22,24)(H2,25,26,28,29);1H. The van der Waals surface area contributed by atoms with Crippen LogP contribution in [0, 0.1) is 5.92 Å². The van der Waals surface area contributed by atoms with Gasteiger partial charge in [0.15, 0.2) is 5.96 Å². The number of aliphatic imine (C=N–C) groups is 1. The Balaban J connectivity index is 0.00000256. The number of rotatable bonds is 4. The molecule has 0 spiro atoms. The average molecular weight is 525 g/mol. The molecule has 1 unspecified atom stereocenters. The first-order valence-corrected chi connectivity index (χ1v) is 10.0. The number of nitrogens with zero attached hydrogens (tertiary/aromatic N) is 3. The lowest BCUT2D eigenvalue weighted by atomic mass is 9.79. The molecule has 2 saturated heterocycles. The minimum Gasteiger partial charge on any atom is -0.356 e. The van der Waals surface area contributed by atoms with Gasteiger partial charge in [-0.2, -0.15) is 0 Å². The van der Waals surface area contributed by atoms with Gasteiger partial charge in [0.1, 0.15) is 11.2 Å². The van der Waals surface area contributed by atoms with E-state index in [-0.39, 0.29) is 35.8 Å². The Bertz CT molecular complexity index is 952. The second-order valence-corrected chi connectivity index (χ2v) is 7.81. The monoisotopic (exact) mass is 525 g/mol. The van der Waals surface area contributed by atoms with E-state index >= 15 is 0 Å². The van der Waals surface area contributed by atoms with Gasteiger partial charge >= 0.3 is 6.03 Å². The zero-order chi connectivity index (χ0) is 20.4. The van der Waals surface area contributed by atoms with E-state index in [1.54, 1.807) is 13.2 Å². The summed E-state index contributed by atoms with van der Waals surface area (Å²) in [5.74, 6) is 0.755.